The smallest absolute Gasteiger partial charge is 0.0366 e. The molecule has 0 saturated carbocycles. The molecule has 2 nitrogen and oxygen atoms in total. The molecular weight excluding hydrogens is 220 g/mol. The van der Waals surface area contributed by atoms with Crippen LogP contribution in [0.2, 0.25) is 0 Å². The van der Waals surface area contributed by atoms with Gasteiger partial charge in [0.2, 0.25) is 0 Å². The Morgan fingerprint density at radius 3 is 2.56 bits per heavy atom. The lowest BCUT2D eigenvalue weighted by molar-refractivity contribution is 0.876. The maximum Gasteiger partial charge on any atom is 0.0366 e. The number of hydrogen-bond donors (Lipinski definition) is 1. The van der Waals surface area contributed by atoms with Gasteiger partial charge in [-0.1, -0.05) is 24.3 Å². The molecule has 0 heterocycles. The van der Waals surface area contributed by atoms with Gasteiger partial charge >= 0.3 is 0 Å². The molecule has 2 aromatic rings. The molecule has 0 aliphatic rings. The number of anilines is 2. The molecule has 0 atom stereocenters. The number of nitrogen functional groups attached to an aromatic ring is 1. The maximum absolute atomic E-state index is 5.78. The Hall–Kier alpha value is -1.96. The molecule has 0 bridgehead atoms. The molecular formula is C16H20N2. The van der Waals surface area contributed by atoms with E-state index in [9.17, 15) is 0 Å². The summed E-state index contributed by atoms with van der Waals surface area (Å²) in [6.07, 6.45) is 1.01. The first kappa shape index (κ1) is 12.5. The van der Waals surface area contributed by atoms with Crippen LogP contribution in [0, 0.1) is 6.92 Å². The molecule has 0 radical (unpaired) electrons. The van der Waals surface area contributed by atoms with Gasteiger partial charge in [-0.15, -0.1) is 0 Å². The fraction of sp³-hybridized carbons (Fsp3) is 0.250. The minimum atomic E-state index is 0.839. The topological polar surface area (TPSA) is 29.3 Å². The lowest BCUT2D eigenvalue weighted by Crippen LogP contribution is -2.20. The number of nitrogens with two attached hydrogens (primary N) is 1. The van der Waals surface area contributed by atoms with Crippen LogP contribution in [0.1, 0.15) is 11.1 Å². The molecule has 18 heavy (non-hydrogen) atoms. The van der Waals surface area contributed by atoms with Crippen LogP contribution in [-0.2, 0) is 6.42 Å². The van der Waals surface area contributed by atoms with Crippen molar-refractivity contribution < 1.29 is 0 Å². The normalized spacial score (nSPS) is 10.3. The van der Waals surface area contributed by atoms with Gasteiger partial charge in [0.25, 0.3) is 0 Å². The van der Waals surface area contributed by atoms with E-state index in [0.717, 1.165) is 18.7 Å². The summed E-state index contributed by atoms with van der Waals surface area (Å²) in [5.41, 5.74) is 10.5. The van der Waals surface area contributed by atoms with Crippen molar-refractivity contribution in [3.63, 3.8) is 0 Å². The van der Waals surface area contributed by atoms with E-state index in [1.807, 2.05) is 18.2 Å². The van der Waals surface area contributed by atoms with Gasteiger partial charge in [-0.2, -0.15) is 0 Å². The molecule has 2 heteroatoms. The number of nitrogens with zero attached hydrogens (tertiary/aromatic N) is 1. The van der Waals surface area contributed by atoms with E-state index in [1.54, 1.807) is 0 Å². The molecule has 2 N–H and O–H groups in total. The number of rotatable bonds is 4. The van der Waals surface area contributed by atoms with Crippen LogP contribution in [0.5, 0.6) is 0 Å². The Labute approximate surface area is 109 Å². The van der Waals surface area contributed by atoms with Crippen molar-refractivity contribution in [2.45, 2.75) is 13.3 Å². The Balaban J connectivity index is 1.98. The SMILES string of the molecule is Cc1cccc(N(C)CCc2cccc(N)c2)c1. The zero-order valence-electron chi connectivity index (χ0n) is 11.1. The molecule has 0 aliphatic heterocycles. The Morgan fingerprint density at radius 1 is 1.06 bits per heavy atom. The Morgan fingerprint density at radius 2 is 1.83 bits per heavy atom. The molecule has 0 fully saturated rings. The van der Waals surface area contributed by atoms with E-state index < -0.39 is 0 Å². The van der Waals surface area contributed by atoms with E-state index in [0.29, 0.717) is 0 Å². The van der Waals surface area contributed by atoms with Crippen molar-refractivity contribution in [1.29, 1.82) is 0 Å². The van der Waals surface area contributed by atoms with Crippen LogP contribution in [-0.4, -0.2) is 13.6 Å². The summed E-state index contributed by atoms with van der Waals surface area (Å²) in [6.45, 7) is 3.11. The zero-order valence-corrected chi connectivity index (χ0v) is 11.1. The highest BCUT2D eigenvalue weighted by atomic mass is 15.1. The molecule has 2 rings (SSSR count). The lowest BCUT2D eigenvalue weighted by atomic mass is 10.1. The van der Waals surface area contributed by atoms with Crippen molar-refractivity contribution in [2.24, 2.45) is 0 Å². The van der Waals surface area contributed by atoms with Crippen LogP contribution < -0.4 is 10.6 Å². The predicted molar refractivity (Wildman–Crippen MR) is 79.0 cm³/mol. The summed E-state index contributed by atoms with van der Waals surface area (Å²) < 4.78 is 0. The van der Waals surface area contributed by atoms with E-state index >= 15 is 0 Å². The second-order valence-corrected chi connectivity index (χ2v) is 4.76. The second kappa shape index (κ2) is 5.58. The van der Waals surface area contributed by atoms with Gasteiger partial charge in [0.15, 0.2) is 0 Å². The van der Waals surface area contributed by atoms with Gasteiger partial charge in [0.1, 0.15) is 0 Å². The third-order valence-electron chi connectivity index (χ3n) is 3.13. The summed E-state index contributed by atoms with van der Waals surface area (Å²) in [4.78, 5) is 2.27. The molecule has 0 aliphatic carbocycles. The Bertz CT molecular complexity index is 520. The van der Waals surface area contributed by atoms with E-state index in [4.69, 9.17) is 5.73 Å². The highest BCUT2D eigenvalue weighted by molar-refractivity contribution is 5.48. The molecule has 0 amide bonds. The molecule has 94 valence electrons. The van der Waals surface area contributed by atoms with Crippen LogP contribution in [0.3, 0.4) is 0 Å². The van der Waals surface area contributed by atoms with Crippen molar-refractivity contribution in [3.8, 4) is 0 Å². The van der Waals surface area contributed by atoms with Crippen molar-refractivity contribution in [3.05, 3.63) is 59.7 Å². The van der Waals surface area contributed by atoms with E-state index in [1.165, 1.54) is 16.8 Å². The van der Waals surface area contributed by atoms with Crippen molar-refractivity contribution in [1.82, 2.24) is 0 Å². The third kappa shape index (κ3) is 3.27. The highest BCUT2D eigenvalue weighted by Crippen LogP contribution is 2.15. The van der Waals surface area contributed by atoms with Crippen LogP contribution >= 0.6 is 0 Å². The molecule has 2 aromatic carbocycles. The molecule has 0 aromatic heterocycles. The monoisotopic (exact) mass is 240 g/mol. The van der Waals surface area contributed by atoms with Gasteiger partial charge in [0.05, 0.1) is 0 Å². The fourth-order valence-electron chi connectivity index (χ4n) is 2.04. The maximum atomic E-state index is 5.78. The summed E-state index contributed by atoms with van der Waals surface area (Å²) in [5.74, 6) is 0. The average molecular weight is 240 g/mol. The molecule has 0 spiro atoms. The minimum Gasteiger partial charge on any atom is -0.399 e. The van der Waals surface area contributed by atoms with Crippen LogP contribution in [0.25, 0.3) is 0 Å². The van der Waals surface area contributed by atoms with Gasteiger partial charge in [-0.05, 0) is 48.7 Å². The van der Waals surface area contributed by atoms with Crippen molar-refractivity contribution >= 4 is 11.4 Å². The summed E-state index contributed by atoms with van der Waals surface area (Å²) >= 11 is 0. The Kier molecular flexibility index (Phi) is 3.88. The summed E-state index contributed by atoms with van der Waals surface area (Å²) in [6, 6.07) is 16.7. The number of likely N-dealkylation sites (N-methyl/N-ethyl adjacent to an activating group) is 1. The number of aryl methyl sites for hydroxylation is 1. The van der Waals surface area contributed by atoms with Gasteiger partial charge in [0, 0.05) is 25.0 Å². The van der Waals surface area contributed by atoms with Crippen LogP contribution in [0.4, 0.5) is 11.4 Å². The zero-order chi connectivity index (χ0) is 13.0. The number of benzene rings is 2. The first-order chi connectivity index (χ1) is 8.65. The fourth-order valence-corrected chi connectivity index (χ4v) is 2.04. The summed E-state index contributed by atoms with van der Waals surface area (Å²) in [7, 11) is 2.13. The largest absolute Gasteiger partial charge is 0.399 e. The second-order valence-electron chi connectivity index (χ2n) is 4.76. The number of hydrogen-bond acceptors (Lipinski definition) is 2. The quantitative estimate of drug-likeness (QED) is 0.831. The standard InChI is InChI=1S/C16H20N2/c1-13-5-3-8-16(11-13)18(2)10-9-14-6-4-7-15(17)12-14/h3-8,11-12H,9-10,17H2,1-2H3. The van der Waals surface area contributed by atoms with Gasteiger partial charge in [-0.3, -0.25) is 0 Å². The predicted octanol–water partition coefficient (Wildman–Crippen LogP) is 3.26. The first-order valence-electron chi connectivity index (χ1n) is 6.27. The van der Waals surface area contributed by atoms with Crippen LogP contribution in [0.15, 0.2) is 48.5 Å². The van der Waals surface area contributed by atoms with Gasteiger partial charge in [-0.25, -0.2) is 0 Å². The highest BCUT2D eigenvalue weighted by Gasteiger charge is 2.01. The average Bonchev–Trinajstić information content (AvgIpc) is 2.36. The first-order valence-corrected chi connectivity index (χ1v) is 6.27. The van der Waals surface area contributed by atoms with Gasteiger partial charge < -0.3 is 10.6 Å². The summed E-state index contributed by atoms with van der Waals surface area (Å²) in [5, 5.41) is 0. The van der Waals surface area contributed by atoms with E-state index in [-0.39, 0.29) is 0 Å². The molecule has 0 saturated heterocycles. The minimum absolute atomic E-state index is 0.839. The third-order valence-corrected chi connectivity index (χ3v) is 3.13. The van der Waals surface area contributed by atoms with Crippen molar-refractivity contribution in [2.75, 3.05) is 24.2 Å². The molecule has 0 unspecified atom stereocenters. The van der Waals surface area contributed by atoms with E-state index in [2.05, 4.69) is 49.2 Å². The lowest BCUT2D eigenvalue weighted by Gasteiger charge is -2.19.